The van der Waals surface area contributed by atoms with Crippen LogP contribution in [0.25, 0.3) is 0 Å². The molecular formula is C15H13Cl2N3O2S. The van der Waals surface area contributed by atoms with Gasteiger partial charge in [0.1, 0.15) is 0 Å². The fourth-order valence-electron chi connectivity index (χ4n) is 2.44. The summed E-state index contributed by atoms with van der Waals surface area (Å²) in [6.07, 6.45) is 1.84. The number of carbonyl (C=O) groups excluding carboxylic acids is 2. The van der Waals surface area contributed by atoms with Gasteiger partial charge in [0.25, 0.3) is 0 Å². The van der Waals surface area contributed by atoms with E-state index >= 15 is 0 Å². The molecule has 0 unspecified atom stereocenters. The lowest BCUT2D eigenvalue weighted by Crippen LogP contribution is -2.28. The van der Waals surface area contributed by atoms with Gasteiger partial charge in [0.05, 0.1) is 16.6 Å². The van der Waals surface area contributed by atoms with Crippen molar-refractivity contribution in [2.75, 3.05) is 16.8 Å². The van der Waals surface area contributed by atoms with Crippen LogP contribution < -0.4 is 10.2 Å². The van der Waals surface area contributed by atoms with Gasteiger partial charge in [-0.25, -0.2) is 4.98 Å². The largest absolute Gasteiger partial charge is 0.310 e. The van der Waals surface area contributed by atoms with E-state index in [4.69, 9.17) is 23.2 Å². The van der Waals surface area contributed by atoms with Crippen LogP contribution in [0.4, 0.5) is 10.8 Å². The Morgan fingerprint density at radius 3 is 2.87 bits per heavy atom. The standard InChI is InChI=1S/C15H13Cl2N3O2S/c1-8-6-18-15(23-8)19-14(22)9-4-13(21)20(7-9)12-3-2-10(16)5-11(12)17/h2-3,5-6,9H,4,7H2,1H3,(H,18,19,22)/t9-/m1/s1. The number of amides is 2. The van der Waals surface area contributed by atoms with Crippen molar-refractivity contribution in [3.05, 3.63) is 39.3 Å². The molecule has 23 heavy (non-hydrogen) atoms. The zero-order chi connectivity index (χ0) is 16.6. The molecule has 0 radical (unpaired) electrons. The summed E-state index contributed by atoms with van der Waals surface area (Å²) in [4.78, 5) is 31.2. The van der Waals surface area contributed by atoms with Gasteiger partial charge in [-0.05, 0) is 25.1 Å². The Kier molecular flexibility index (Phi) is 4.57. The minimum Gasteiger partial charge on any atom is -0.310 e. The third kappa shape index (κ3) is 3.49. The lowest BCUT2D eigenvalue weighted by Gasteiger charge is -2.18. The van der Waals surface area contributed by atoms with E-state index in [0.29, 0.717) is 20.9 Å². The van der Waals surface area contributed by atoms with E-state index in [9.17, 15) is 9.59 Å². The molecule has 8 heteroatoms. The number of aromatic nitrogens is 1. The van der Waals surface area contributed by atoms with Crippen LogP contribution in [0.15, 0.2) is 24.4 Å². The summed E-state index contributed by atoms with van der Waals surface area (Å²) < 4.78 is 0. The van der Waals surface area contributed by atoms with E-state index < -0.39 is 5.92 Å². The lowest BCUT2D eigenvalue weighted by atomic mass is 10.1. The first-order valence-electron chi connectivity index (χ1n) is 6.93. The number of aryl methyl sites for hydroxylation is 1. The highest BCUT2D eigenvalue weighted by Crippen LogP contribution is 2.33. The second-order valence-electron chi connectivity index (χ2n) is 5.27. The van der Waals surface area contributed by atoms with Crippen molar-refractivity contribution < 1.29 is 9.59 Å². The first kappa shape index (κ1) is 16.2. The Hall–Kier alpha value is -1.63. The number of rotatable bonds is 3. The molecule has 0 bridgehead atoms. The van der Waals surface area contributed by atoms with E-state index in [1.807, 2.05) is 6.92 Å². The Bertz CT molecular complexity index is 778. The second kappa shape index (κ2) is 6.47. The van der Waals surface area contributed by atoms with Gasteiger partial charge in [-0.3, -0.25) is 9.59 Å². The Labute approximate surface area is 147 Å². The summed E-state index contributed by atoms with van der Waals surface area (Å²) in [6.45, 7) is 2.20. The van der Waals surface area contributed by atoms with Crippen LogP contribution in [0.3, 0.4) is 0 Å². The number of hydrogen-bond acceptors (Lipinski definition) is 4. The number of thiazole rings is 1. The van der Waals surface area contributed by atoms with E-state index in [0.717, 1.165) is 4.88 Å². The molecule has 1 aromatic carbocycles. The summed E-state index contributed by atoms with van der Waals surface area (Å²) in [5, 5.41) is 4.19. The number of benzene rings is 1. The third-order valence-electron chi connectivity index (χ3n) is 3.55. The molecule has 5 nitrogen and oxygen atoms in total. The maximum atomic E-state index is 12.3. The first-order valence-corrected chi connectivity index (χ1v) is 8.50. The monoisotopic (exact) mass is 369 g/mol. The molecule has 1 aliphatic heterocycles. The number of hydrogen-bond donors (Lipinski definition) is 1. The van der Waals surface area contributed by atoms with Crippen molar-refractivity contribution in [3.8, 4) is 0 Å². The summed E-state index contributed by atoms with van der Waals surface area (Å²) in [5.41, 5.74) is 0.571. The van der Waals surface area contributed by atoms with Gasteiger partial charge >= 0.3 is 0 Å². The molecule has 2 heterocycles. The molecule has 1 atom stereocenters. The molecule has 3 rings (SSSR count). The summed E-state index contributed by atoms with van der Waals surface area (Å²) in [5.74, 6) is -0.775. The maximum Gasteiger partial charge on any atom is 0.231 e. The van der Waals surface area contributed by atoms with E-state index in [1.165, 1.54) is 16.2 Å². The van der Waals surface area contributed by atoms with Gasteiger partial charge in [0.2, 0.25) is 11.8 Å². The van der Waals surface area contributed by atoms with E-state index in [2.05, 4.69) is 10.3 Å². The normalized spacial score (nSPS) is 17.6. The average Bonchev–Trinajstić information content (AvgIpc) is 3.05. The zero-order valence-corrected chi connectivity index (χ0v) is 14.5. The molecular weight excluding hydrogens is 357 g/mol. The molecule has 120 valence electrons. The summed E-state index contributed by atoms with van der Waals surface area (Å²) in [6, 6.07) is 4.94. The van der Waals surface area contributed by atoms with Crippen molar-refractivity contribution in [2.24, 2.45) is 5.92 Å². The smallest absolute Gasteiger partial charge is 0.231 e. The number of halogens is 2. The van der Waals surface area contributed by atoms with Crippen LogP contribution >= 0.6 is 34.5 Å². The molecule has 1 N–H and O–H groups in total. The third-order valence-corrected chi connectivity index (χ3v) is 4.91. The Morgan fingerprint density at radius 1 is 1.43 bits per heavy atom. The first-order chi connectivity index (χ1) is 10.9. The highest BCUT2D eigenvalue weighted by atomic mass is 35.5. The fraction of sp³-hybridized carbons (Fsp3) is 0.267. The van der Waals surface area contributed by atoms with Crippen molar-refractivity contribution in [3.63, 3.8) is 0 Å². The average molecular weight is 370 g/mol. The molecule has 0 saturated carbocycles. The molecule has 0 aliphatic carbocycles. The summed E-state index contributed by atoms with van der Waals surface area (Å²) >= 11 is 13.4. The highest BCUT2D eigenvalue weighted by molar-refractivity contribution is 7.15. The second-order valence-corrected chi connectivity index (χ2v) is 7.34. The van der Waals surface area contributed by atoms with Gasteiger partial charge in [-0.2, -0.15) is 0 Å². The van der Waals surface area contributed by atoms with Crippen LogP contribution in [-0.4, -0.2) is 23.3 Å². The van der Waals surface area contributed by atoms with Gasteiger partial charge in [-0.15, -0.1) is 11.3 Å². The van der Waals surface area contributed by atoms with Crippen molar-refractivity contribution in [2.45, 2.75) is 13.3 Å². The van der Waals surface area contributed by atoms with Crippen LogP contribution in [0.1, 0.15) is 11.3 Å². The van der Waals surface area contributed by atoms with Gasteiger partial charge in [0, 0.05) is 29.1 Å². The van der Waals surface area contributed by atoms with E-state index in [-0.39, 0.29) is 24.8 Å². The molecule has 2 aromatic rings. The van der Waals surface area contributed by atoms with Crippen LogP contribution in [0, 0.1) is 12.8 Å². The van der Waals surface area contributed by atoms with E-state index in [1.54, 1.807) is 24.4 Å². The van der Waals surface area contributed by atoms with Crippen molar-refractivity contribution in [1.82, 2.24) is 4.98 Å². The van der Waals surface area contributed by atoms with Crippen molar-refractivity contribution in [1.29, 1.82) is 0 Å². The lowest BCUT2D eigenvalue weighted by molar-refractivity contribution is -0.122. The number of anilines is 2. The molecule has 1 aromatic heterocycles. The Balaban J connectivity index is 1.73. The number of carbonyl (C=O) groups is 2. The maximum absolute atomic E-state index is 12.3. The van der Waals surface area contributed by atoms with Gasteiger partial charge < -0.3 is 10.2 Å². The van der Waals surface area contributed by atoms with Crippen molar-refractivity contribution >= 4 is 57.2 Å². The highest BCUT2D eigenvalue weighted by Gasteiger charge is 2.36. The Morgan fingerprint density at radius 2 is 2.22 bits per heavy atom. The number of nitrogens with zero attached hydrogens (tertiary/aromatic N) is 2. The van der Waals surface area contributed by atoms with Crippen LogP contribution in [0.5, 0.6) is 0 Å². The molecule has 1 fully saturated rings. The minimum atomic E-state index is -0.432. The number of nitrogens with one attached hydrogen (secondary N) is 1. The molecule has 1 saturated heterocycles. The molecule has 0 spiro atoms. The molecule has 1 aliphatic rings. The quantitative estimate of drug-likeness (QED) is 0.895. The van der Waals surface area contributed by atoms with Gasteiger partial charge in [0.15, 0.2) is 5.13 Å². The topological polar surface area (TPSA) is 62.3 Å². The van der Waals surface area contributed by atoms with Crippen LogP contribution in [-0.2, 0) is 9.59 Å². The minimum absolute atomic E-state index is 0.135. The summed E-state index contributed by atoms with van der Waals surface area (Å²) in [7, 11) is 0. The zero-order valence-electron chi connectivity index (χ0n) is 12.2. The SMILES string of the molecule is Cc1cnc(NC(=O)[C@@H]2CC(=O)N(c3ccc(Cl)cc3Cl)C2)s1. The van der Waals surface area contributed by atoms with Crippen LogP contribution in [0.2, 0.25) is 10.0 Å². The van der Waals surface area contributed by atoms with Gasteiger partial charge in [-0.1, -0.05) is 23.2 Å². The molecule has 2 amide bonds. The fourth-order valence-corrected chi connectivity index (χ4v) is 3.61. The predicted octanol–water partition coefficient (Wildman–Crippen LogP) is 3.75. The predicted molar refractivity (Wildman–Crippen MR) is 92.4 cm³/mol.